The third kappa shape index (κ3) is 2.79. The summed E-state index contributed by atoms with van der Waals surface area (Å²) in [5, 5.41) is 1.96. The van der Waals surface area contributed by atoms with E-state index in [1.54, 1.807) is 0 Å². The van der Waals surface area contributed by atoms with Gasteiger partial charge in [-0.2, -0.15) is 0 Å². The molecule has 0 aromatic heterocycles. The summed E-state index contributed by atoms with van der Waals surface area (Å²) in [7, 11) is -2.73. The number of benzene rings is 2. The zero-order valence-corrected chi connectivity index (χ0v) is 14.4. The molecule has 23 heavy (non-hydrogen) atoms. The molecule has 1 aliphatic carbocycles. The van der Waals surface area contributed by atoms with Crippen LogP contribution in [-0.2, 0) is 4.57 Å². The highest BCUT2D eigenvalue weighted by atomic mass is 31.2. The largest absolute Gasteiger partial charge is 0.296 e. The summed E-state index contributed by atoms with van der Waals surface area (Å²) in [4.78, 5) is 0. The number of fused-ring (bicyclic) bond motifs is 4. The zero-order chi connectivity index (χ0) is 15.7. The van der Waals surface area contributed by atoms with Crippen molar-refractivity contribution in [1.82, 2.24) is 4.67 Å². The second kappa shape index (κ2) is 6.26. The third-order valence-electron chi connectivity index (χ3n) is 5.51. The molecule has 2 saturated heterocycles. The summed E-state index contributed by atoms with van der Waals surface area (Å²) in [5.41, 5.74) is 0. The molecule has 3 aliphatic rings. The van der Waals surface area contributed by atoms with Crippen molar-refractivity contribution >= 4 is 17.9 Å². The number of hydrogen-bond acceptors (Lipinski definition) is 1. The fourth-order valence-electron chi connectivity index (χ4n) is 4.23. The van der Waals surface area contributed by atoms with Crippen LogP contribution in [0, 0.1) is 11.8 Å². The van der Waals surface area contributed by atoms with Crippen LogP contribution in [0.4, 0.5) is 0 Å². The molecule has 1 saturated carbocycles. The Morgan fingerprint density at radius 2 is 1.09 bits per heavy atom. The van der Waals surface area contributed by atoms with E-state index < -0.39 is 7.29 Å². The molecule has 2 aromatic rings. The van der Waals surface area contributed by atoms with Gasteiger partial charge in [-0.05, 0) is 61.8 Å². The molecule has 3 heteroatoms. The van der Waals surface area contributed by atoms with Crippen molar-refractivity contribution < 1.29 is 4.57 Å². The van der Waals surface area contributed by atoms with Crippen molar-refractivity contribution in [2.75, 3.05) is 13.1 Å². The molecule has 5 rings (SSSR count). The van der Waals surface area contributed by atoms with Gasteiger partial charge in [-0.1, -0.05) is 36.4 Å². The minimum absolute atomic E-state index is 0.717. The first-order valence-corrected chi connectivity index (χ1v) is 10.4. The standard InChI is InChI=1S/C20H24NOP/c22-23(19-7-3-1-4-8-19,20-9-5-2-6-10-20)21-15-17-11-12-18(16-21)14-13-17/h1-10,17-18H,11-16H2. The van der Waals surface area contributed by atoms with Gasteiger partial charge in [0.2, 0.25) is 7.29 Å². The van der Waals surface area contributed by atoms with Crippen molar-refractivity contribution in [3.8, 4) is 0 Å². The molecular weight excluding hydrogens is 301 g/mol. The summed E-state index contributed by atoms with van der Waals surface area (Å²) in [6.07, 6.45) is 5.24. The Morgan fingerprint density at radius 1 is 0.696 bits per heavy atom. The molecule has 0 radical (unpaired) electrons. The van der Waals surface area contributed by atoms with Crippen LogP contribution in [0.25, 0.3) is 0 Å². The van der Waals surface area contributed by atoms with Crippen molar-refractivity contribution in [3.63, 3.8) is 0 Å². The smallest absolute Gasteiger partial charge is 0.207 e. The average molecular weight is 325 g/mol. The van der Waals surface area contributed by atoms with E-state index in [0.29, 0.717) is 0 Å². The lowest BCUT2D eigenvalue weighted by Gasteiger charge is -2.32. The minimum Gasteiger partial charge on any atom is -0.296 e. The second-order valence-corrected chi connectivity index (χ2v) is 9.76. The Bertz CT molecular complexity index is 635. The fraction of sp³-hybridized carbons (Fsp3) is 0.400. The fourth-order valence-corrected chi connectivity index (χ4v) is 7.26. The molecule has 2 aliphatic heterocycles. The van der Waals surface area contributed by atoms with Gasteiger partial charge in [0.15, 0.2) is 0 Å². The molecule has 2 bridgehead atoms. The summed E-state index contributed by atoms with van der Waals surface area (Å²) in [6.45, 7) is 1.97. The molecule has 0 atom stereocenters. The topological polar surface area (TPSA) is 20.3 Å². The first-order valence-electron chi connectivity index (χ1n) is 8.73. The Labute approximate surface area is 139 Å². The molecule has 0 unspecified atom stereocenters. The van der Waals surface area contributed by atoms with Crippen LogP contribution in [-0.4, -0.2) is 17.8 Å². The summed E-state index contributed by atoms with van der Waals surface area (Å²) >= 11 is 0. The molecule has 0 amide bonds. The van der Waals surface area contributed by atoms with Gasteiger partial charge < -0.3 is 0 Å². The van der Waals surface area contributed by atoms with Crippen LogP contribution in [0.3, 0.4) is 0 Å². The van der Waals surface area contributed by atoms with Crippen molar-refractivity contribution in [1.29, 1.82) is 0 Å². The van der Waals surface area contributed by atoms with Crippen molar-refractivity contribution in [3.05, 3.63) is 60.7 Å². The van der Waals surface area contributed by atoms with Crippen LogP contribution in [0.1, 0.15) is 25.7 Å². The lowest BCUT2D eigenvalue weighted by molar-refractivity contribution is 0.326. The lowest BCUT2D eigenvalue weighted by atomic mass is 9.84. The Hall–Kier alpha value is -1.37. The zero-order valence-electron chi connectivity index (χ0n) is 13.5. The second-order valence-electron chi connectivity index (χ2n) is 7.01. The Morgan fingerprint density at radius 3 is 1.48 bits per heavy atom. The van der Waals surface area contributed by atoms with Crippen LogP contribution in [0.15, 0.2) is 60.7 Å². The molecule has 0 spiro atoms. The first kappa shape index (κ1) is 15.2. The van der Waals surface area contributed by atoms with E-state index in [4.69, 9.17) is 0 Å². The van der Waals surface area contributed by atoms with Gasteiger partial charge in [-0.15, -0.1) is 0 Å². The highest BCUT2D eigenvalue weighted by Crippen LogP contribution is 2.51. The number of hydrogen-bond donors (Lipinski definition) is 0. The van der Waals surface area contributed by atoms with Gasteiger partial charge in [0.05, 0.1) is 0 Å². The lowest BCUT2D eigenvalue weighted by Crippen LogP contribution is -2.35. The number of nitrogens with zero attached hydrogens (tertiary/aromatic N) is 1. The van der Waals surface area contributed by atoms with Gasteiger partial charge in [-0.25, -0.2) is 4.67 Å². The predicted molar refractivity (Wildman–Crippen MR) is 96.8 cm³/mol. The van der Waals surface area contributed by atoms with Gasteiger partial charge in [0.25, 0.3) is 0 Å². The first-order chi connectivity index (χ1) is 11.3. The number of rotatable bonds is 3. The highest BCUT2D eigenvalue weighted by molar-refractivity contribution is 7.76. The van der Waals surface area contributed by atoms with E-state index in [2.05, 4.69) is 4.67 Å². The Balaban J connectivity index is 1.81. The molecular formula is C20H24NOP. The summed E-state index contributed by atoms with van der Waals surface area (Å²) in [5.74, 6) is 1.43. The molecule has 3 fully saturated rings. The molecule has 120 valence electrons. The molecule has 0 N–H and O–H groups in total. The summed E-state index contributed by atoms with van der Waals surface area (Å²) in [6, 6.07) is 20.2. The van der Waals surface area contributed by atoms with Crippen LogP contribution >= 0.6 is 7.29 Å². The van der Waals surface area contributed by atoms with Gasteiger partial charge in [-0.3, -0.25) is 4.57 Å². The normalized spacial score (nSPS) is 25.2. The van der Waals surface area contributed by atoms with Gasteiger partial charge >= 0.3 is 0 Å². The van der Waals surface area contributed by atoms with E-state index in [0.717, 1.165) is 35.5 Å². The Kier molecular flexibility index (Phi) is 4.13. The van der Waals surface area contributed by atoms with Crippen LogP contribution < -0.4 is 10.6 Å². The average Bonchev–Trinajstić information content (AvgIpc) is 2.97. The van der Waals surface area contributed by atoms with Crippen LogP contribution in [0.5, 0.6) is 0 Å². The monoisotopic (exact) mass is 325 g/mol. The predicted octanol–water partition coefficient (Wildman–Crippen LogP) is 4.04. The molecule has 2 nitrogen and oxygen atoms in total. The van der Waals surface area contributed by atoms with E-state index in [1.807, 2.05) is 60.7 Å². The van der Waals surface area contributed by atoms with Gasteiger partial charge in [0.1, 0.15) is 0 Å². The quantitative estimate of drug-likeness (QED) is 0.794. The maximum absolute atomic E-state index is 14.4. The SMILES string of the molecule is O=P(c1ccccc1)(c1ccccc1)N1CC2CCC(CC2)C1. The third-order valence-corrected chi connectivity index (χ3v) is 8.63. The van der Waals surface area contributed by atoms with E-state index in [-0.39, 0.29) is 0 Å². The van der Waals surface area contributed by atoms with E-state index in [9.17, 15) is 4.57 Å². The maximum atomic E-state index is 14.4. The van der Waals surface area contributed by atoms with Crippen molar-refractivity contribution in [2.24, 2.45) is 11.8 Å². The molecule has 2 heterocycles. The minimum atomic E-state index is -2.73. The molecule has 2 aromatic carbocycles. The van der Waals surface area contributed by atoms with Crippen LogP contribution in [0.2, 0.25) is 0 Å². The maximum Gasteiger partial charge on any atom is 0.207 e. The van der Waals surface area contributed by atoms with Gasteiger partial charge in [0, 0.05) is 23.7 Å². The van der Waals surface area contributed by atoms with E-state index in [1.165, 1.54) is 25.7 Å². The highest BCUT2D eigenvalue weighted by Gasteiger charge is 2.40. The van der Waals surface area contributed by atoms with E-state index >= 15 is 0 Å². The van der Waals surface area contributed by atoms with Crippen molar-refractivity contribution in [2.45, 2.75) is 25.7 Å². The summed E-state index contributed by atoms with van der Waals surface area (Å²) < 4.78 is 16.7.